The lowest BCUT2D eigenvalue weighted by molar-refractivity contribution is -0.143. The number of hydrogen-bond donors (Lipinski definition) is 2. The predicted octanol–water partition coefficient (Wildman–Crippen LogP) is 3.75. The molecule has 0 saturated carbocycles. The van der Waals surface area contributed by atoms with Crippen molar-refractivity contribution in [1.29, 1.82) is 0 Å². The van der Waals surface area contributed by atoms with Crippen LogP contribution in [0.15, 0.2) is 23.3 Å². The third-order valence-electron chi connectivity index (χ3n) is 7.01. The summed E-state index contributed by atoms with van der Waals surface area (Å²) in [6.45, 7) is 8.51. The number of nitrogens with zero attached hydrogens (tertiary/aromatic N) is 3. The van der Waals surface area contributed by atoms with Gasteiger partial charge in [0.2, 0.25) is 5.91 Å². The van der Waals surface area contributed by atoms with Crippen molar-refractivity contribution in [3.8, 4) is 10.4 Å². The summed E-state index contributed by atoms with van der Waals surface area (Å²) in [4.78, 5) is 31.0. The van der Waals surface area contributed by atoms with E-state index in [1.165, 1.54) is 18.3 Å². The van der Waals surface area contributed by atoms with Gasteiger partial charge in [0.05, 0.1) is 18.4 Å². The van der Waals surface area contributed by atoms with Gasteiger partial charge in [0.15, 0.2) is 0 Å². The van der Waals surface area contributed by atoms with Gasteiger partial charge < -0.3 is 19.7 Å². The van der Waals surface area contributed by atoms with Crippen molar-refractivity contribution in [3.63, 3.8) is 0 Å². The molecule has 0 spiro atoms. The average Bonchev–Trinajstić information content (AvgIpc) is 3.42. The first-order valence-electron chi connectivity index (χ1n) is 11.4. The number of H-pyrrole nitrogens is 1. The molecule has 2 aliphatic heterocycles. The van der Waals surface area contributed by atoms with Crippen LogP contribution in [0.25, 0.3) is 20.5 Å². The molecule has 2 aliphatic rings. The third-order valence-corrected chi connectivity index (χ3v) is 8.19. The summed E-state index contributed by atoms with van der Waals surface area (Å²) in [6.07, 6.45) is 6.85. The van der Waals surface area contributed by atoms with Gasteiger partial charge in [-0.2, -0.15) is 5.10 Å². The van der Waals surface area contributed by atoms with Gasteiger partial charge in [-0.05, 0) is 30.7 Å². The van der Waals surface area contributed by atoms with Crippen LogP contribution in [-0.2, 0) is 21.7 Å². The summed E-state index contributed by atoms with van der Waals surface area (Å²) >= 11 is 1.40. The number of fused-ring (bicyclic) bond motifs is 3. The molecule has 176 valence electrons. The molecule has 0 bridgehead atoms. The third kappa shape index (κ3) is 3.62. The second kappa shape index (κ2) is 7.78. The Morgan fingerprint density at radius 3 is 2.82 bits per heavy atom. The number of aliphatic hydroxyl groups is 1. The Labute approximate surface area is 196 Å². The lowest BCUT2D eigenvalue weighted by Crippen LogP contribution is -2.55. The van der Waals surface area contributed by atoms with Gasteiger partial charge in [0.25, 0.3) is 5.56 Å². The monoisotopic (exact) mass is 470 g/mol. The fourth-order valence-electron chi connectivity index (χ4n) is 4.82. The Balaban J connectivity index is 1.63. The van der Waals surface area contributed by atoms with E-state index in [1.54, 1.807) is 11.1 Å². The van der Waals surface area contributed by atoms with E-state index >= 15 is 0 Å². The fourth-order valence-corrected chi connectivity index (χ4v) is 5.87. The summed E-state index contributed by atoms with van der Waals surface area (Å²) in [5, 5.41) is 17.0. The van der Waals surface area contributed by atoms with Crippen LogP contribution in [0.2, 0.25) is 0 Å². The molecule has 0 radical (unpaired) electrons. The molecular formula is C24H30N4O4S. The second-order valence-corrected chi connectivity index (χ2v) is 11.2. The Hall–Kier alpha value is -2.49. The van der Waals surface area contributed by atoms with Gasteiger partial charge in [-0.25, -0.2) is 4.68 Å². The van der Waals surface area contributed by atoms with Gasteiger partial charge in [-0.3, -0.25) is 9.59 Å². The molecule has 3 aromatic rings. The topological polar surface area (TPSA) is 100 Å². The predicted molar refractivity (Wildman–Crippen MR) is 127 cm³/mol. The number of aromatic nitrogens is 3. The number of nitrogens with one attached hydrogen (secondary N) is 1. The Morgan fingerprint density at radius 1 is 1.36 bits per heavy atom. The second-order valence-electron chi connectivity index (χ2n) is 10.2. The van der Waals surface area contributed by atoms with Crippen molar-refractivity contribution in [3.05, 3.63) is 40.1 Å². The van der Waals surface area contributed by atoms with Crippen molar-refractivity contribution in [1.82, 2.24) is 19.7 Å². The number of hydrogen-bond acceptors (Lipinski definition) is 6. The van der Waals surface area contributed by atoms with Crippen molar-refractivity contribution in [2.24, 2.45) is 5.41 Å². The van der Waals surface area contributed by atoms with Crippen LogP contribution >= 0.6 is 11.3 Å². The number of pyridine rings is 1. The molecule has 33 heavy (non-hydrogen) atoms. The Morgan fingerprint density at radius 2 is 2.15 bits per heavy atom. The minimum atomic E-state index is -1.37. The van der Waals surface area contributed by atoms with E-state index in [1.807, 2.05) is 37.7 Å². The maximum atomic E-state index is 13.1. The summed E-state index contributed by atoms with van der Waals surface area (Å²) in [7, 11) is 0. The van der Waals surface area contributed by atoms with Gasteiger partial charge in [0.1, 0.15) is 16.5 Å². The molecule has 1 fully saturated rings. The fraction of sp³-hybridized carbons (Fsp3) is 0.542. The normalized spacial score (nSPS) is 23.7. The maximum absolute atomic E-state index is 13.1. The minimum Gasteiger partial charge on any atom is -0.381 e. The van der Waals surface area contributed by atoms with Crippen LogP contribution in [0.1, 0.15) is 64.4 Å². The molecular weight excluding hydrogens is 440 g/mol. The molecule has 2 N–H and O–H groups in total. The van der Waals surface area contributed by atoms with Crippen LogP contribution < -0.4 is 5.56 Å². The van der Waals surface area contributed by atoms with Crippen LogP contribution in [0.5, 0.6) is 0 Å². The standard InChI is InChI=1S/C24H30N4O4S/c1-14(29)27-12-17-16-9-18(15-10-25-28(11-15)19-7-5-6-8-32-19)33-20(16)22(30)26-21(17)24(31,13-27)23(2,3)4/h9-11,19,31H,5-8,12-13H2,1-4H3,(H,26,30). The number of amides is 1. The highest BCUT2D eigenvalue weighted by atomic mass is 32.1. The highest BCUT2D eigenvalue weighted by molar-refractivity contribution is 7.22. The van der Waals surface area contributed by atoms with Gasteiger partial charge in [-0.1, -0.05) is 20.8 Å². The minimum absolute atomic E-state index is 0.0519. The van der Waals surface area contributed by atoms with Gasteiger partial charge in [0, 0.05) is 47.7 Å². The molecule has 1 saturated heterocycles. The summed E-state index contributed by atoms with van der Waals surface area (Å²) in [5.41, 5.74) is 0.0534. The number of carbonyl (C=O) groups excluding carboxylic acids is 1. The lowest BCUT2D eigenvalue weighted by atomic mass is 9.70. The molecule has 2 atom stereocenters. The van der Waals surface area contributed by atoms with E-state index in [0.717, 1.165) is 47.3 Å². The van der Waals surface area contributed by atoms with Gasteiger partial charge in [-0.15, -0.1) is 11.3 Å². The highest BCUT2D eigenvalue weighted by Crippen LogP contribution is 2.46. The highest BCUT2D eigenvalue weighted by Gasteiger charge is 2.49. The quantitative estimate of drug-likeness (QED) is 0.594. The molecule has 3 aromatic heterocycles. The number of ether oxygens (including phenoxy) is 1. The summed E-state index contributed by atoms with van der Waals surface area (Å²) in [5.74, 6) is -0.105. The zero-order valence-corrected chi connectivity index (χ0v) is 20.3. The zero-order valence-electron chi connectivity index (χ0n) is 19.5. The molecule has 9 heteroatoms. The number of carbonyl (C=O) groups is 1. The molecule has 0 aromatic carbocycles. The van der Waals surface area contributed by atoms with E-state index < -0.39 is 11.0 Å². The molecule has 1 amide bonds. The smallest absolute Gasteiger partial charge is 0.266 e. The number of aromatic amines is 1. The number of β-amino-alcohol motifs (C(OH)–C–C–N with tert-alkyl or cyclic N) is 1. The van der Waals surface area contributed by atoms with E-state index in [0.29, 0.717) is 16.9 Å². The van der Waals surface area contributed by atoms with Crippen LogP contribution in [0, 0.1) is 5.41 Å². The molecule has 5 heterocycles. The first kappa shape index (κ1) is 22.3. The zero-order chi connectivity index (χ0) is 23.5. The number of rotatable bonds is 2. The van der Waals surface area contributed by atoms with Crippen molar-refractivity contribution >= 4 is 27.3 Å². The van der Waals surface area contributed by atoms with Crippen LogP contribution in [-0.4, -0.2) is 43.8 Å². The first-order valence-corrected chi connectivity index (χ1v) is 12.2. The van der Waals surface area contributed by atoms with E-state index in [2.05, 4.69) is 10.1 Å². The van der Waals surface area contributed by atoms with E-state index in [-0.39, 0.29) is 24.2 Å². The largest absolute Gasteiger partial charge is 0.381 e. The lowest BCUT2D eigenvalue weighted by Gasteiger charge is -2.47. The van der Waals surface area contributed by atoms with E-state index in [4.69, 9.17) is 4.74 Å². The number of thiophene rings is 1. The molecule has 8 nitrogen and oxygen atoms in total. The summed E-state index contributed by atoms with van der Waals surface area (Å²) in [6, 6.07) is 1.99. The molecule has 2 unspecified atom stereocenters. The van der Waals surface area contributed by atoms with Gasteiger partial charge >= 0.3 is 0 Å². The molecule has 5 rings (SSSR count). The SMILES string of the molecule is CC(=O)N1Cc2c([nH]c(=O)c3sc(-c4cnn(C5CCCCO5)c4)cc23)C(O)(C(C)(C)C)C1. The van der Waals surface area contributed by atoms with E-state index in [9.17, 15) is 14.7 Å². The van der Waals surface area contributed by atoms with Crippen molar-refractivity contribution in [2.75, 3.05) is 13.2 Å². The Bertz CT molecular complexity index is 1280. The summed E-state index contributed by atoms with van der Waals surface area (Å²) < 4.78 is 8.28. The maximum Gasteiger partial charge on any atom is 0.266 e. The Kier molecular flexibility index (Phi) is 5.26. The van der Waals surface area contributed by atoms with Crippen molar-refractivity contribution < 1.29 is 14.6 Å². The van der Waals surface area contributed by atoms with Crippen LogP contribution in [0.3, 0.4) is 0 Å². The van der Waals surface area contributed by atoms with Crippen LogP contribution in [0.4, 0.5) is 0 Å². The van der Waals surface area contributed by atoms with Crippen molar-refractivity contribution in [2.45, 2.75) is 65.3 Å². The molecule has 0 aliphatic carbocycles. The average molecular weight is 471 g/mol. The first-order chi connectivity index (χ1) is 15.6.